The summed E-state index contributed by atoms with van der Waals surface area (Å²) in [6, 6.07) is 0. The summed E-state index contributed by atoms with van der Waals surface area (Å²) in [6.07, 6.45) is 5.44. The van der Waals surface area contributed by atoms with E-state index in [0.29, 0.717) is 5.52 Å². The second-order valence-corrected chi connectivity index (χ2v) is 6.75. The van der Waals surface area contributed by atoms with Crippen LogP contribution in [-0.4, -0.2) is 14.2 Å². The zero-order valence-electron chi connectivity index (χ0n) is 12.0. The van der Waals surface area contributed by atoms with E-state index in [2.05, 4.69) is 25.9 Å². The summed E-state index contributed by atoms with van der Waals surface area (Å²) >= 11 is 0. The smallest absolute Gasteiger partial charge is 0.277 e. The SMILES string of the molecule is CC(C)(C)c1cnn2ccn(C(C)(C)C)c(=O)c12. The largest absolute Gasteiger partial charge is 0.307 e. The van der Waals surface area contributed by atoms with E-state index in [1.54, 1.807) is 21.5 Å². The van der Waals surface area contributed by atoms with Crippen molar-refractivity contribution in [3.05, 3.63) is 34.5 Å². The lowest BCUT2D eigenvalue weighted by Gasteiger charge is -2.23. The standard InChI is InChI=1S/C14H21N3O/c1-13(2,3)10-9-15-17-8-7-16(14(4,5)6)12(18)11(10)17/h7-9H,1-6H3. The van der Waals surface area contributed by atoms with Crippen molar-refractivity contribution in [2.75, 3.05) is 0 Å². The zero-order chi connectivity index (χ0) is 13.7. The molecular formula is C14H21N3O. The Kier molecular flexibility index (Phi) is 2.65. The molecule has 0 aliphatic carbocycles. The van der Waals surface area contributed by atoms with Gasteiger partial charge in [-0.1, -0.05) is 20.8 Å². The van der Waals surface area contributed by atoms with E-state index in [-0.39, 0.29) is 16.5 Å². The van der Waals surface area contributed by atoms with Gasteiger partial charge in [-0.2, -0.15) is 5.10 Å². The molecule has 4 nitrogen and oxygen atoms in total. The number of hydrogen-bond acceptors (Lipinski definition) is 2. The first-order chi connectivity index (χ1) is 8.12. The van der Waals surface area contributed by atoms with Gasteiger partial charge < -0.3 is 4.57 Å². The van der Waals surface area contributed by atoms with Gasteiger partial charge in [0.1, 0.15) is 5.52 Å². The van der Waals surface area contributed by atoms with E-state index in [9.17, 15) is 4.79 Å². The Balaban J connectivity index is 2.85. The molecule has 0 N–H and O–H groups in total. The highest BCUT2D eigenvalue weighted by Crippen LogP contribution is 2.24. The first kappa shape index (κ1) is 12.9. The molecule has 0 atom stereocenters. The van der Waals surface area contributed by atoms with Crippen LogP contribution < -0.4 is 5.56 Å². The topological polar surface area (TPSA) is 39.3 Å². The van der Waals surface area contributed by atoms with Crippen molar-refractivity contribution in [2.24, 2.45) is 0 Å². The molecule has 0 aromatic carbocycles. The average Bonchev–Trinajstić information content (AvgIpc) is 2.59. The Labute approximate surface area is 107 Å². The van der Waals surface area contributed by atoms with Crippen molar-refractivity contribution >= 4 is 5.52 Å². The van der Waals surface area contributed by atoms with Crippen LogP contribution in [-0.2, 0) is 11.0 Å². The molecule has 0 saturated heterocycles. The van der Waals surface area contributed by atoms with E-state index in [1.807, 2.05) is 27.0 Å². The fourth-order valence-corrected chi connectivity index (χ4v) is 2.08. The van der Waals surface area contributed by atoms with Crippen LogP contribution in [0.4, 0.5) is 0 Å². The van der Waals surface area contributed by atoms with Gasteiger partial charge in [-0.15, -0.1) is 0 Å². The maximum absolute atomic E-state index is 12.6. The molecule has 2 rings (SSSR count). The molecule has 18 heavy (non-hydrogen) atoms. The van der Waals surface area contributed by atoms with Crippen molar-refractivity contribution in [3.8, 4) is 0 Å². The summed E-state index contributed by atoms with van der Waals surface area (Å²) in [5.74, 6) is 0. The number of fused-ring (bicyclic) bond motifs is 1. The van der Waals surface area contributed by atoms with Gasteiger partial charge in [0.05, 0.1) is 6.20 Å². The summed E-state index contributed by atoms with van der Waals surface area (Å²) in [5, 5.41) is 4.27. The van der Waals surface area contributed by atoms with Gasteiger partial charge in [-0.3, -0.25) is 4.79 Å². The molecule has 2 aromatic heterocycles. The molecule has 0 amide bonds. The third-order valence-electron chi connectivity index (χ3n) is 3.10. The van der Waals surface area contributed by atoms with Crippen LogP contribution in [0, 0.1) is 0 Å². The van der Waals surface area contributed by atoms with Gasteiger partial charge in [-0.25, -0.2) is 4.52 Å². The first-order valence-electron chi connectivity index (χ1n) is 6.22. The number of nitrogens with zero attached hydrogens (tertiary/aromatic N) is 3. The normalized spacial score (nSPS) is 13.2. The molecule has 2 heterocycles. The predicted molar refractivity (Wildman–Crippen MR) is 73.1 cm³/mol. The maximum atomic E-state index is 12.6. The Bertz CT molecular complexity index is 636. The van der Waals surface area contributed by atoms with Gasteiger partial charge in [0.2, 0.25) is 0 Å². The minimum atomic E-state index is -0.224. The third kappa shape index (κ3) is 1.96. The lowest BCUT2D eigenvalue weighted by Crippen LogP contribution is -2.34. The summed E-state index contributed by atoms with van der Waals surface area (Å²) in [7, 11) is 0. The second-order valence-electron chi connectivity index (χ2n) is 6.75. The number of rotatable bonds is 0. The second kappa shape index (κ2) is 3.70. The summed E-state index contributed by atoms with van der Waals surface area (Å²) < 4.78 is 3.43. The maximum Gasteiger partial charge on any atom is 0.277 e. The van der Waals surface area contributed by atoms with Crippen molar-refractivity contribution in [1.29, 1.82) is 0 Å². The Hall–Kier alpha value is -1.58. The van der Waals surface area contributed by atoms with Crippen LogP contribution in [0.5, 0.6) is 0 Å². The summed E-state index contributed by atoms with van der Waals surface area (Å²) in [4.78, 5) is 12.6. The van der Waals surface area contributed by atoms with Crippen molar-refractivity contribution in [1.82, 2.24) is 14.2 Å². The van der Waals surface area contributed by atoms with E-state index in [0.717, 1.165) is 5.56 Å². The van der Waals surface area contributed by atoms with Crippen molar-refractivity contribution in [2.45, 2.75) is 52.5 Å². The quantitative estimate of drug-likeness (QED) is 0.717. The molecule has 4 heteroatoms. The Morgan fingerprint density at radius 1 is 1.06 bits per heavy atom. The predicted octanol–water partition coefficient (Wildman–Crippen LogP) is 2.55. The van der Waals surface area contributed by atoms with Crippen molar-refractivity contribution < 1.29 is 0 Å². The van der Waals surface area contributed by atoms with E-state index in [4.69, 9.17) is 0 Å². The average molecular weight is 247 g/mol. The minimum Gasteiger partial charge on any atom is -0.307 e. The molecule has 0 unspecified atom stereocenters. The lowest BCUT2D eigenvalue weighted by molar-refractivity contribution is 0.383. The highest BCUT2D eigenvalue weighted by atomic mass is 16.1. The molecule has 98 valence electrons. The number of hydrogen-bond donors (Lipinski definition) is 0. The van der Waals surface area contributed by atoms with E-state index >= 15 is 0 Å². The number of aromatic nitrogens is 3. The molecule has 0 saturated carbocycles. The van der Waals surface area contributed by atoms with Gasteiger partial charge in [0, 0.05) is 23.5 Å². The fraction of sp³-hybridized carbons (Fsp3) is 0.571. The molecular weight excluding hydrogens is 226 g/mol. The molecule has 0 spiro atoms. The van der Waals surface area contributed by atoms with Crippen LogP contribution >= 0.6 is 0 Å². The first-order valence-corrected chi connectivity index (χ1v) is 6.22. The highest BCUT2D eigenvalue weighted by Gasteiger charge is 2.23. The van der Waals surface area contributed by atoms with Gasteiger partial charge >= 0.3 is 0 Å². The summed E-state index contributed by atoms with van der Waals surface area (Å²) in [6.45, 7) is 12.4. The highest BCUT2D eigenvalue weighted by molar-refractivity contribution is 5.55. The molecule has 2 aromatic rings. The van der Waals surface area contributed by atoms with Gasteiger partial charge in [0.15, 0.2) is 0 Å². The van der Waals surface area contributed by atoms with Gasteiger partial charge in [-0.05, 0) is 26.2 Å². The Morgan fingerprint density at radius 2 is 1.67 bits per heavy atom. The van der Waals surface area contributed by atoms with E-state index < -0.39 is 0 Å². The monoisotopic (exact) mass is 247 g/mol. The van der Waals surface area contributed by atoms with Crippen molar-refractivity contribution in [3.63, 3.8) is 0 Å². The van der Waals surface area contributed by atoms with Crippen LogP contribution in [0.2, 0.25) is 0 Å². The molecule has 0 radical (unpaired) electrons. The van der Waals surface area contributed by atoms with Crippen LogP contribution in [0.3, 0.4) is 0 Å². The summed E-state index contributed by atoms with van der Waals surface area (Å²) in [5.41, 5.74) is 1.38. The molecule has 0 aliphatic rings. The van der Waals surface area contributed by atoms with Crippen LogP contribution in [0.1, 0.15) is 47.1 Å². The van der Waals surface area contributed by atoms with Gasteiger partial charge in [0.25, 0.3) is 5.56 Å². The molecule has 0 bridgehead atoms. The minimum absolute atomic E-state index is 0.0208. The Morgan fingerprint density at radius 3 is 2.17 bits per heavy atom. The van der Waals surface area contributed by atoms with Crippen LogP contribution in [0.25, 0.3) is 5.52 Å². The molecule has 0 aliphatic heterocycles. The zero-order valence-corrected chi connectivity index (χ0v) is 12.0. The lowest BCUT2D eigenvalue weighted by atomic mass is 9.88. The molecule has 0 fully saturated rings. The van der Waals surface area contributed by atoms with Crippen LogP contribution in [0.15, 0.2) is 23.4 Å². The third-order valence-corrected chi connectivity index (χ3v) is 3.10. The van der Waals surface area contributed by atoms with E-state index in [1.165, 1.54) is 0 Å². The fourth-order valence-electron chi connectivity index (χ4n) is 2.08.